The number of nitrogens with zero attached hydrogens (tertiary/aromatic N) is 1. The van der Waals surface area contributed by atoms with Crippen LogP contribution in [0.4, 0.5) is 5.69 Å². The number of hydrogen-bond donors (Lipinski definition) is 0. The summed E-state index contributed by atoms with van der Waals surface area (Å²) in [6.45, 7) is 2.23. The highest BCUT2D eigenvalue weighted by atomic mass is 35.5. The van der Waals surface area contributed by atoms with Crippen molar-refractivity contribution in [2.75, 3.05) is 11.9 Å². The molecule has 102 valence electrons. The minimum atomic E-state index is 0.418. The van der Waals surface area contributed by atoms with Crippen molar-refractivity contribution in [1.82, 2.24) is 0 Å². The first kappa shape index (κ1) is 14.7. The minimum Gasteiger partial charge on any atom is -0.371 e. The van der Waals surface area contributed by atoms with Gasteiger partial charge in [-0.1, -0.05) is 17.7 Å². The van der Waals surface area contributed by atoms with Gasteiger partial charge < -0.3 is 4.90 Å². The summed E-state index contributed by atoms with van der Waals surface area (Å²) in [7, 11) is 2.11. The van der Waals surface area contributed by atoms with Crippen LogP contribution in [0.1, 0.15) is 17.4 Å². The normalized spacial score (nSPS) is 12.4. The van der Waals surface area contributed by atoms with Gasteiger partial charge in [-0.25, -0.2) is 0 Å². The largest absolute Gasteiger partial charge is 0.371 e. The molecule has 1 unspecified atom stereocenters. The molecule has 0 saturated heterocycles. The Morgan fingerprint density at radius 2 is 2.11 bits per heavy atom. The second-order valence-corrected chi connectivity index (χ2v) is 6.39. The molecule has 0 N–H and O–H groups in total. The molecule has 1 atom stereocenters. The lowest BCUT2D eigenvalue weighted by molar-refractivity contribution is 0.686. The van der Waals surface area contributed by atoms with Gasteiger partial charge in [0.15, 0.2) is 0 Å². The predicted molar refractivity (Wildman–Crippen MR) is 86.9 cm³/mol. The van der Waals surface area contributed by atoms with Crippen LogP contribution in [0.25, 0.3) is 0 Å². The van der Waals surface area contributed by atoms with E-state index in [1.807, 2.05) is 18.2 Å². The maximum absolute atomic E-state index is 6.02. The molecule has 2 rings (SSSR count). The molecule has 4 heteroatoms. The first-order chi connectivity index (χ1) is 9.11. The molecular formula is C15H17Cl2NS. The van der Waals surface area contributed by atoms with E-state index in [0.717, 1.165) is 22.7 Å². The SMILES string of the molecule is CC(Cc1cccs1)N(C)c1ccc(Cl)cc1CCl. The molecular weight excluding hydrogens is 297 g/mol. The van der Waals surface area contributed by atoms with Gasteiger partial charge in [0.25, 0.3) is 0 Å². The maximum Gasteiger partial charge on any atom is 0.0495 e. The Kier molecular flexibility index (Phi) is 5.14. The summed E-state index contributed by atoms with van der Waals surface area (Å²) in [6.07, 6.45) is 1.04. The van der Waals surface area contributed by atoms with E-state index in [-0.39, 0.29) is 0 Å². The van der Waals surface area contributed by atoms with Crippen molar-refractivity contribution < 1.29 is 0 Å². The van der Waals surface area contributed by atoms with Crippen LogP contribution in [-0.4, -0.2) is 13.1 Å². The molecule has 0 amide bonds. The summed E-state index contributed by atoms with van der Waals surface area (Å²) in [6, 6.07) is 10.6. The monoisotopic (exact) mass is 313 g/mol. The summed E-state index contributed by atoms with van der Waals surface area (Å²) in [5.41, 5.74) is 2.23. The van der Waals surface area contributed by atoms with Crippen molar-refractivity contribution in [2.45, 2.75) is 25.3 Å². The van der Waals surface area contributed by atoms with E-state index in [1.165, 1.54) is 4.88 Å². The number of halogens is 2. The van der Waals surface area contributed by atoms with Crippen molar-refractivity contribution in [3.05, 3.63) is 51.2 Å². The summed E-state index contributed by atoms with van der Waals surface area (Å²) >= 11 is 13.8. The molecule has 0 aliphatic rings. The fraction of sp³-hybridized carbons (Fsp3) is 0.333. The van der Waals surface area contributed by atoms with Crippen molar-refractivity contribution in [1.29, 1.82) is 0 Å². The predicted octanol–water partition coefficient (Wildman–Crippen LogP) is 5.21. The maximum atomic E-state index is 6.02. The van der Waals surface area contributed by atoms with Crippen molar-refractivity contribution >= 4 is 40.2 Å². The van der Waals surface area contributed by atoms with Gasteiger partial charge in [0.05, 0.1) is 0 Å². The molecule has 2 aromatic rings. The van der Waals surface area contributed by atoms with E-state index in [4.69, 9.17) is 23.2 Å². The quantitative estimate of drug-likeness (QED) is 0.685. The van der Waals surface area contributed by atoms with E-state index in [0.29, 0.717) is 11.9 Å². The number of likely N-dealkylation sites (N-methyl/N-ethyl adjacent to an activating group) is 1. The van der Waals surface area contributed by atoms with Gasteiger partial charge in [0.2, 0.25) is 0 Å². The van der Waals surface area contributed by atoms with Gasteiger partial charge in [0, 0.05) is 41.0 Å². The molecule has 1 heterocycles. The van der Waals surface area contributed by atoms with E-state index in [9.17, 15) is 0 Å². The Hall–Kier alpha value is -0.700. The Morgan fingerprint density at radius 3 is 2.74 bits per heavy atom. The first-order valence-electron chi connectivity index (χ1n) is 6.21. The molecule has 0 aliphatic carbocycles. The highest BCUT2D eigenvalue weighted by Crippen LogP contribution is 2.27. The Morgan fingerprint density at radius 1 is 1.32 bits per heavy atom. The fourth-order valence-electron chi connectivity index (χ4n) is 2.10. The van der Waals surface area contributed by atoms with Crippen LogP contribution < -0.4 is 4.90 Å². The van der Waals surface area contributed by atoms with E-state index in [1.54, 1.807) is 11.3 Å². The summed E-state index contributed by atoms with van der Waals surface area (Å²) in [5.74, 6) is 0.478. The molecule has 0 bridgehead atoms. The molecule has 0 radical (unpaired) electrons. The van der Waals surface area contributed by atoms with Gasteiger partial charge in [-0.15, -0.1) is 22.9 Å². The van der Waals surface area contributed by atoms with Gasteiger partial charge in [-0.3, -0.25) is 0 Å². The molecule has 1 aromatic heterocycles. The second-order valence-electron chi connectivity index (χ2n) is 4.65. The average Bonchev–Trinajstić information content (AvgIpc) is 2.90. The highest BCUT2D eigenvalue weighted by Gasteiger charge is 2.14. The number of thiophene rings is 1. The van der Waals surface area contributed by atoms with Crippen LogP contribution in [0.15, 0.2) is 35.7 Å². The molecule has 19 heavy (non-hydrogen) atoms. The van der Waals surface area contributed by atoms with Crippen LogP contribution >= 0.6 is 34.5 Å². The van der Waals surface area contributed by atoms with Crippen LogP contribution in [0.3, 0.4) is 0 Å². The van der Waals surface area contributed by atoms with Crippen LogP contribution in [-0.2, 0) is 12.3 Å². The lowest BCUT2D eigenvalue weighted by atomic mass is 10.1. The van der Waals surface area contributed by atoms with Crippen molar-refractivity contribution in [2.24, 2.45) is 0 Å². The Bertz CT molecular complexity index is 525. The zero-order chi connectivity index (χ0) is 13.8. The van der Waals surface area contributed by atoms with Gasteiger partial charge >= 0.3 is 0 Å². The Balaban J connectivity index is 2.16. The number of alkyl halides is 1. The molecule has 0 saturated carbocycles. The summed E-state index contributed by atoms with van der Waals surface area (Å²) in [4.78, 5) is 3.68. The molecule has 1 nitrogen and oxygen atoms in total. The van der Waals surface area contributed by atoms with Crippen LogP contribution in [0.2, 0.25) is 5.02 Å². The van der Waals surface area contributed by atoms with Crippen molar-refractivity contribution in [3.63, 3.8) is 0 Å². The van der Waals surface area contributed by atoms with Crippen molar-refractivity contribution in [3.8, 4) is 0 Å². The third-order valence-electron chi connectivity index (χ3n) is 3.30. The Labute approximate surface area is 128 Å². The lowest BCUT2D eigenvalue weighted by Gasteiger charge is -2.28. The van der Waals surface area contributed by atoms with Gasteiger partial charge in [-0.05, 0) is 42.1 Å². The standard InChI is InChI=1S/C15H17Cl2NS/c1-11(8-14-4-3-7-19-14)18(2)15-6-5-13(17)9-12(15)10-16/h3-7,9,11H,8,10H2,1-2H3. The smallest absolute Gasteiger partial charge is 0.0495 e. The van der Waals surface area contributed by atoms with Crippen LogP contribution in [0, 0.1) is 0 Å². The van der Waals surface area contributed by atoms with E-state index >= 15 is 0 Å². The summed E-state index contributed by atoms with van der Waals surface area (Å²) in [5, 5.41) is 2.85. The lowest BCUT2D eigenvalue weighted by Crippen LogP contribution is -2.31. The van der Waals surface area contributed by atoms with Crippen LogP contribution in [0.5, 0.6) is 0 Å². The number of rotatable bonds is 5. The average molecular weight is 314 g/mol. The topological polar surface area (TPSA) is 3.24 Å². The zero-order valence-corrected chi connectivity index (χ0v) is 13.4. The van der Waals surface area contributed by atoms with Gasteiger partial charge in [-0.2, -0.15) is 0 Å². The fourth-order valence-corrected chi connectivity index (χ4v) is 3.33. The number of benzene rings is 1. The zero-order valence-electron chi connectivity index (χ0n) is 11.1. The molecule has 0 fully saturated rings. The van der Waals surface area contributed by atoms with Gasteiger partial charge in [0.1, 0.15) is 0 Å². The third kappa shape index (κ3) is 3.65. The minimum absolute atomic E-state index is 0.418. The number of anilines is 1. The molecule has 1 aromatic carbocycles. The molecule has 0 aliphatic heterocycles. The molecule has 0 spiro atoms. The third-order valence-corrected chi connectivity index (χ3v) is 4.73. The second kappa shape index (κ2) is 6.65. The first-order valence-corrected chi connectivity index (χ1v) is 8.00. The number of hydrogen-bond acceptors (Lipinski definition) is 2. The summed E-state index contributed by atoms with van der Waals surface area (Å²) < 4.78 is 0. The van der Waals surface area contributed by atoms with E-state index < -0.39 is 0 Å². The highest BCUT2D eigenvalue weighted by molar-refractivity contribution is 7.09. The van der Waals surface area contributed by atoms with E-state index in [2.05, 4.69) is 36.4 Å².